The molecule has 0 saturated carbocycles. The average Bonchev–Trinajstić information content (AvgIpc) is 3.27. The maximum atomic E-state index is 14.6. The van der Waals surface area contributed by atoms with E-state index in [2.05, 4.69) is 4.90 Å². The second-order valence-electron chi connectivity index (χ2n) is 9.58. The fourth-order valence-corrected chi connectivity index (χ4v) is 4.98. The highest BCUT2D eigenvalue weighted by Crippen LogP contribution is 2.28. The third-order valence-corrected chi connectivity index (χ3v) is 6.90. The summed E-state index contributed by atoms with van der Waals surface area (Å²) in [5, 5.41) is 10.8. The molecule has 36 heavy (non-hydrogen) atoms. The number of halogens is 2. The molecule has 5 nitrogen and oxygen atoms in total. The van der Waals surface area contributed by atoms with Crippen LogP contribution in [0.15, 0.2) is 36.4 Å². The highest BCUT2D eigenvalue weighted by atomic mass is 19.1. The quantitative estimate of drug-likeness (QED) is 0.376. The number of rotatable bonds is 13. The lowest BCUT2D eigenvalue weighted by molar-refractivity contribution is -0.143. The number of benzene rings is 2. The fraction of sp³-hybridized carbons (Fsp3) is 0.552. The van der Waals surface area contributed by atoms with Gasteiger partial charge in [0.15, 0.2) is 0 Å². The lowest BCUT2D eigenvalue weighted by atomic mass is 9.96. The minimum absolute atomic E-state index is 0.0993. The van der Waals surface area contributed by atoms with Crippen LogP contribution < -0.4 is 0 Å². The van der Waals surface area contributed by atoms with Gasteiger partial charge in [0.2, 0.25) is 0 Å². The van der Waals surface area contributed by atoms with Crippen molar-refractivity contribution in [3.8, 4) is 0 Å². The zero-order valence-corrected chi connectivity index (χ0v) is 21.6. The van der Waals surface area contributed by atoms with Crippen molar-refractivity contribution in [2.24, 2.45) is 0 Å². The van der Waals surface area contributed by atoms with Crippen molar-refractivity contribution in [2.75, 3.05) is 26.3 Å². The highest BCUT2D eigenvalue weighted by Gasteiger charge is 2.27. The van der Waals surface area contributed by atoms with Crippen LogP contribution in [0.25, 0.3) is 0 Å². The van der Waals surface area contributed by atoms with Gasteiger partial charge in [-0.3, -0.25) is 9.69 Å². The van der Waals surface area contributed by atoms with Crippen molar-refractivity contribution in [1.29, 1.82) is 0 Å². The predicted octanol–water partition coefficient (Wildman–Crippen LogP) is 5.30. The standard InChI is InChI=1S/C29H39F2NO4/c1-4-28(25-9-6-10-26(30)24(25)13-14-29(34)35-5-2)36-19-23(33)18-32-15-7-8-22(32)16-21-12-11-20(3)27(31)17-21/h6,9-12,17,22-23,28,33H,4-5,7-8,13-16,18-19H2,1-3H3/t22-,23+,28+/m0/s1. The predicted molar refractivity (Wildman–Crippen MR) is 136 cm³/mol. The fourth-order valence-electron chi connectivity index (χ4n) is 4.98. The Bertz CT molecular complexity index is 999. The second-order valence-corrected chi connectivity index (χ2v) is 9.58. The average molecular weight is 504 g/mol. The number of hydrogen-bond acceptors (Lipinski definition) is 5. The van der Waals surface area contributed by atoms with Crippen LogP contribution in [0.3, 0.4) is 0 Å². The Hall–Kier alpha value is -2.35. The number of carbonyl (C=O) groups excluding carboxylic acids is 1. The molecule has 1 heterocycles. The lowest BCUT2D eigenvalue weighted by Gasteiger charge is -2.28. The number of aryl methyl sites for hydroxylation is 1. The Morgan fingerprint density at radius 3 is 2.72 bits per heavy atom. The van der Waals surface area contributed by atoms with Crippen molar-refractivity contribution in [3.05, 3.63) is 70.3 Å². The van der Waals surface area contributed by atoms with E-state index >= 15 is 0 Å². The number of β-amino-alcohol motifs (C(OH)–C–C–N with tert-alkyl or cyclic N) is 1. The number of aliphatic hydroxyl groups excluding tert-OH is 1. The van der Waals surface area contributed by atoms with E-state index in [4.69, 9.17) is 9.47 Å². The summed E-state index contributed by atoms with van der Waals surface area (Å²) in [4.78, 5) is 14.0. The van der Waals surface area contributed by atoms with E-state index in [9.17, 15) is 18.7 Å². The van der Waals surface area contributed by atoms with Gasteiger partial charge in [-0.1, -0.05) is 31.2 Å². The Balaban J connectivity index is 1.57. The number of ether oxygens (including phenoxy) is 2. The lowest BCUT2D eigenvalue weighted by Crippen LogP contribution is -2.39. The first-order valence-electron chi connectivity index (χ1n) is 13.0. The molecule has 1 fully saturated rings. The van der Waals surface area contributed by atoms with Crippen molar-refractivity contribution >= 4 is 5.97 Å². The molecule has 1 aliphatic heterocycles. The van der Waals surface area contributed by atoms with E-state index in [1.54, 1.807) is 26.0 Å². The van der Waals surface area contributed by atoms with Gasteiger partial charge < -0.3 is 14.6 Å². The monoisotopic (exact) mass is 503 g/mol. The molecule has 0 aromatic heterocycles. The molecule has 0 spiro atoms. The first-order valence-corrected chi connectivity index (χ1v) is 13.0. The number of hydrogen-bond donors (Lipinski definition) is 1. The van der Waals surface area contributed by atoms with Gasteiger partial charge in [0.25, 0.3) is 0 Å². The van der Waals surface area contributed by atoms with E-state index in [0.29, 0.717) is 36.3 Å². The van der Waals surface area contributed by atoms with Gasteiger partial charge in [-0.25, -0.2) is 8.78 Å². The van der Waals surface area contributed by atoms with Crippen LogP contribution in [0.2, 0.25) is 0 Å². The number of carbonyl (C=O) groups is 1. The smallest absolute Gasteiger partial charge is 0.306 e. The molecule has 2 aromatic rings. The van der Waals surface area contributed by atoms with Crippen molar-refractivity contribution in [3.63, 3.8) is 0 Å². The van der Waals surface area contributed by atoms with Gasteiger partial charge in [-0.2, -0.15) is 0 Å². The molecular weight excluding hydrogens is 464 g/mol. The van der Waals surface area contributed by atoms with Crippen molar-refractivity contribution in [2.45, 2.75) is 77.5 Å². The van der Waals surface area contributed by atoms with Crippen molar-refractivity contribution in [1.82, 2.24) is 4.90 Å². The summed E-state index contributed by atoms with van der Waals surface area (Å²) >= 11 is 0. The maximum absolute atomic E-state index is 14.6. The number of esters is 1. The van der Waals surface area contributed by atoms with E-state index in [-0.39, 0.29) is 43.1 Å². The van der Waals surface area contributed by atoms with Gasteiger partial charge in [-0.05, 0) is 86.9 Å². The van der Waals surface area contributed by atoms with Crippen LogP contribution in [0.5, 0.6) is 0 Å². The Morgan fingerprint density at radius 2 is 2.00 bits per heavy atom. The molecule has 1 N–H and O–H groups in total. The summed E-state index contributed by atoms with van der Waals surface area (Å²) in [7, 11) is 0. The molecule has 0 amide bonds. The number of likely N-dealkylation sites (tertiary alicyclic amines) is 1. The van der Waals surface area contributed by atoms with Gasteiger partial charge in [0.05, 0.1) is 25.4 Å². The molecule has 3 atom stereocenters. The topological polar surface area (TPSA) is 59.0 Å². The molecule has 198 valence electrons. The summed E-state index contributed by atoms with van der Waals surface area (Å²) in [6.07, 6.45) is 2.64. The first-order chi connectivity index (χ1) is 17.3. The normalized spacial score (nSPS) is 17.8. The largest absolute Gasteiger partial charge is 0.466 e. The van der Waals surface area contributed by atoms with Crippen LogP contribution in [0.4, 0.5) is 8.78 Å². The van der Waals surface area contributed by atoms with E-state index in [1.165, 1.54) is 6.07 Å². The summed E-state index contributed by atoms with van der Waals surface area (Å²) in [6, 6.07) is 10.5. The molecule has 2 aromatic carbocycles. The minimum atomic E-state index is -0.703. The van der Waals surface area contributed by atoms with Gasteiger partial charge >= 0.3 is 5.97 Å². The molecular formula is C29H39F2NO4. The van der Waals surface area contributed by atoms with E-state index in [1.807, 2.05) is 25.1 Å². The van der Waals surface area contributed by atoms with Gasteiger partial charge in [-0.15, -0.1) is 0 Å². The summed E-state index contributed by atoms with van der Waals surface area (Å²) in [5.74, 6) is -0.911. The van der Waals surface area contributed by atoms with Crippen LogP contribution in [0, 0.1) is 18.6 Å². The maximum Gasteiger partial charge on any atom is 0.306 e. The first kappa shape index (κ1) is 28.2. The zero-order valence-electron chi connectivity index (χ0n) is 21.6. The zero-order chi connectivity index (χ0) is 26.1. The van der Waals surface area contributed by atoms with Crippen LogP contribution in [-0.2, 0) is 27.1 Å². The number of aliphatic hydroxyl groups is 1. The molecule has 0 bridgehead atoms. The SMILES string of the molecule is CCOC(=O)CCc1c(F)cccc1[C@@H](CC)OC[C@H](O)CN1CCC[C@H]1Cc1ccc(C)c(F)c1. The van der Waals surface area contributed by atoms with E-state index in [0.717, 1.165) is 31.4 Å². The summed E-state index contributed by atoms with van der Waals surface area (Å²) in [5.41, 5.74) is 2.77. The molecule has 3 rings (SSSR count). The van der Waals surface area contributed by atoms with Gasteiger partial charge in [0, 0.05) is 19.0 Å². The van der Waals surface area contributed by atoms with Crippen molar-refractivity contribution < 1.29 is 28.2 Å². The molecule has 0 unspecified atom stereocenters. The Labute approximate surface area is 213 Å². The molecule has 0 radical (unpaired) electrons. The van der Waals surface area contributed by atoms with Gasteiger partial charge in [0.1, 0.15) is 11.6 Å². The third kappa shape index (κ3) is 7.82. The van der Waals surface area contributed by atoms with Crippen LogP contribution in [0.1, 0.15) is 67.9 Å². The molecule has 1 saturated heterocycles. The second kappa shape index (κ2) is 13.8. The molecule has 1 aliphatic rings. The Morgan fingerprint density at radius 1 is 1.19 bits per heavy atom. The van der Waals surface area contributed by atoms with Crippen LogP contribution >= 0.6 is 0 Å². The molecule has 7 heteroatoms. The minimum Gasteiger partial charge on any atom is -0.466 e. The number of nitrogens with zero attached hydrogens (tertiary/aromatic N) is 1. The highest BCUT2D eigenvalue weighted by molar-refractivity contribution is 5.69. The van der Waals surface area contributed by atoms with Crippen LogP contribution in [-0.4, -0.2) is 54.4 Å². The summed E-state index contributed by atoms with van der Waals surface area (Å²) < 4.78 is 39.7. The summed E-state index contributed by atoms with van der Waals surface area (Å²) in [6.45, 7) is 7.22. The Kier molecular flexibility index (Phi) is 10.8. The molecule has 0 aliphatic carbocycles. The third-order valence-electron chi connectivity index (χ3n) is 6.90. The van der Waals surface area contributed by atoms with E-state index < -0.39 is 12.2 Å².